The normalized spacial score (nSPS) is 16.8. The van der Waals surface area contributed by atoms with Gasteiger partial charge in [0.2, 0.25) is 5.91 Å². The first-order valence-corrected chi connectivity index (χ1v) is 10.4. The third kappa shape index (κ3) is 4.25. The van der Waals surface area contributed by atoms with Gasteiger partial charge < -0.3 is 9.80 Å². The van der Waals surface area contributed by atoms with Crippen LogP contribution in [0.3, 0.4) is 0 Å². The third-order valence-electron chi connectivity index (χ3n) is 5.72. The van der Waals surface area contributed by atoms with Crippen molar-refractivity contribution in [3.8, 4) is 0 Å². The predicted octanol–water partition coefficient (Wildman–Crippen LogP) is 3.53. The molecule has 4 rings (SSSR count). The number of pyridine rings is 1. The van der Waals surface area contributed by atoms with Crippen LogP contribution in [-0.4, -0.2) is 51.4 Å². The highest BCUT2D eigenvalue weighted by Crippen LogP contribution is 2.22. The maximum atomic E-state index is 13.3. The first-order chi connectivity index (χ1) is 14.5. The van der Waals surface area contributed by atoms with Crippen molar-refractivity contribution in [2.45, 2.75) is 39.2 Å². The van der Waals surface area contributed by atoms with Gasteiger partial charge in [0.25, 0.3) is 0 Å². The van der Waals surface area contributed by atoms with Gasteiger partial charge in [0, 0.05) is 43.7 Å². The Kier molecular flexibility index (Phi) is 5.88. The van der Waals surface area contributed by atoms with Gasteiger partial charge >= 0.3 is 0 Å². The van der Waals surface area contributed by atoms with Crippen molar-refractivity contribution in [1.29, 1.82) is 0 Å². The van der Waals surface area contributed by atoms with Crippen molar-refractivity contribution in [1.82, 2.24) is 19.9 Å². The summed E-state index contributed by atoms with van der Waals surface area (Å²) in [5.74, 6) is 0.657. The maximum Gasteiger partial charge on any atom is 0.222 e. The molecule has 1 aromatic carbocycles. The van der Waals surface area contributed by atoms with E-state index in [9.17, 15) is 9.18 Å². The molecule has 0 aliphatic carbocycles. The van der Waals surface area contributed by atoms with Crippen LogP contribution >= 0.6 is 0 Å². The Morgan fingerprint density at radius 2 is 2.10 bits per heavy atom. The molecule has 1 aliphatic rings. The molecule has 0 saturated carbocycles. The average Bonchev–Trinajstić information content (AvgIpc) is 2.74. The molecule has 2 aromatic heterocycles. The largest absolute Gasteiger partial charge is 0.353 e. The number of hydrogen-bond acceptors (Lipinski definition) is 5. The molecule has 156 valence electrons. The fourth-order valence-electron chi connectivity index (χ4n) is 4.24. The molecule has 3 aromatic rings. The lowest BCUT2D eigenvalue weighted by atomic mass is 10.0. The van der Waals surface area contributed by atoms with Crippen molar-refractivity contribution < 1.29 is 9.18 Å². The second kappa shape index (κ2) is 8.73. The van der Waals surface area contributed by atoms with Gasteiger partial charge in [-0.1, -0.05) is 18.2 Å². The van der Waals surface area contributed by atoms with E-state index in [4.69, 9.17) is 0 Å². The Bertz CT molecular complexity index is 1050. The molecule has 6 nitrogen and oxygen atoms in total. The molecule has 0 N–H and O–H groups in total. The molecule has 3 heterocycles. The van der Waals surface area contributed by atoms with Gasteiger partial charge in [-0.25, -0.2) is 19.3 Å². The Labute approximate surface area is 175 Å². The zero-order chi connectivity index (χ0) is 21.1. The average molecular weight is 407 g/mol. The van der Waals surface area contributed by atoms with E-state index in [0.717, 1.165) is 40.7 Å². The number of carbonyl (C=O) groups excluding carboxylic acids is 1. The number of amides is 1. The first kappa shape index (κ1) is 20.2. The molecule has 1 saturated heterocycles. The molecule has 1 fully saturated rings. The van der Waals surface area contributed by atoms with Crippen molar-refractivity contribution in [2.75, 3.05) is 24.5 Å². The van der Waals surface area contributed by atoms with Crippen LogP contribution in [0.4, 0.5) is 10.2 Å². The SMILES string of the molecule is Cc1cc(F)cnc1N1CCN(C(=O)CCCc2cccc3cncnc23)[C@@H](C)C1. The fraction of sp³-hybridized carbons (Fsp3) is 0.391. The van der Waals surface area contributed by atoms with Crippen LogP contribution in [0.2, 0.25) is 0 Å². The molecular weight excluding hydrogens is 381 g/mol. The highest BCUT2D eigenvalue weighted by Gasteiger charge is 2.28. The summed E-state index contributed by atoms with van der Waals surface area (Å²) in [6.45, 7) is 5.98. The van der Waals surface area contributed by atoms with E-state index in [2.05, 4.69) is 32.8 Å². The van der Waals surface area contributed by atoms with Crippen LogP contribution in [0, 0.1) is 12.7 Å². The fourth-order valence-corrected chi connectivity index (χ4v) is 4.24. The summed E-state index contributed by atoms with van der Waals surface area (Å²) in [6.07, 6.45) is 6.74. The van der Waals surface area contributed by atoms with Crippen molar-refractivity contribution >= 4 is 22.6 Å². The molecule has 1 atom stereocenters. The summed E-state index contributed by atoms with van der Waals surface area (Å²) in [7, 11) is 0. The van der Waals surface area contributed by atoms with Gasteiger partial charge in [0.05, 0.1) is 11.7 Å². The highest BCUT2D eigenvalue weighted by molar-refractivity contribution is 5.81. The van der Waals surface area contributed by atoms with Gasteiger partial charge in [0.15, 0.2) is 0 Å². The number of rotatable bonds is 5. The minimum Gasteiger partial charge on any atom is -0.353 e. The molecule has 0 radical (unpaired) electrons. The molecule has 0 bridgehead atoms. The lowest BCUT2D eigenvalue weighted by molar-refractivity contribution is -0.133. The summed E-state index contributed by atoms with van der Waals surface area (Å²) < 4.78 is 13.3. The summed E-state index contributed by atoms with van der Waals surface area (Å²) in [5, 5.41) is 1.02. The minimum atomic E-state index is -0.323. The lowest BCUT2D eigenvalue weighted by Gasteiger charge is -2.41. The van der Waals surface area contributed by atoms with E-state index in [1.807, 2.05) is 30.2 Å². The van der Waals surface area contributed by atoms with Crippen LogP contribution in [0.5, 0.6) is 0 Å². The molecule has 1 amide bonds. The van der Waals surface area contributed by atoms with Crippen molar-refractivity contribution in [3.05, 3.63) is 59.9 Å². The lowest BCUT2D eigenvalue weighted by Crippen LogP contribution is -2.54. The summed E-state index contributed by atoms with van der Waals surface area (Å²) in [6, 6.07) is 7.67. The second-order valence-corrected chi connectivity index (χ2v) is 7.91. The molecular formula is C23H26FN5O. The zero-order valence-corrected chi connectivity index (χ0v) is 17.4. The van der Waals surface area contributed by atoms with Crippen molar-refractivity contribution in [3.63, 3.8) is 0 Å². The number of carbonyl (C=O) groups is 1. The number of para-hydroxylation sites is 1. The number of halogens is 1. The van der Waals surface area contributed by atoms with Crippen LogP contribution in [0.15, 0.2) is 43.0 Å². The molecule has 0 spiro atoms. The Balaban J connectivity index is 1.33. The smallest absolute Gasteiger partial charge is 0.222 e. The van der Waals surface area contributed by atoms with Gasteiger partial charge in [-0.2, -0.15) is 0 Å². The summed E-state index contributed by atoms with van der Waals surface area (Å²) >= 11 is 0. The van der Waals surface area contributed by atoms with Crippen molar-refractivity contribution in [2.24, 2.45) is 0 Å². The number of nitrogens with zero attached hydrogens (tertiary/aromatic N) is 5. The predicted molar refractivity (Wildman–Crippen MR) is 115 cm³/mol. The maximum absolute atomic E-state index is 13.3. The highest BCUT2D eigenvalue weighted by atomic mass is 19.1. The molecule has 7 heteroatoms. The third-order valence-corrected chi connectivity index (χ3v) is 5.72. The monoisotopic (exact) mass is 407 g/mol. The summed E-state index contributed by atoms with van der Waals surface area (Å²) in [4.78, 5) is 29.6. The topological polar surface area (TPSA) is 62.2 Å². The van der Waals surface area contributed by atoms with Crippen LogP contribution < -0.4 is 4.90 Å². The second-order valence-electron chi connectivity index (χ2n) is 7.91. The Morgan fingerprint density at radius 3 is 2.90 bits per heavy atom. The molecule has 1 aliphatic heterocycles. The number of anilines is 1. The summed E-state index contributed by atoms with van der Waals surface area (Å²) in [5.41, 5.74) is 2.93. The number of aromatic nitrogens is 3. The number of aryl methyl sites for hydroxylation is 2. The Hall–Kier alpha value is -3.09. The van der Waals surface area contributed by atoms with Gasteiger partial charge in [0.1, 0.15) is 18.0 Å². The van der Waals surface area contributed by atoms with E-state index >= 15 is 0 Å². The number of fused-ring (bicyclic) bond motifs is 1. The van der Waals surface area contributed by atoms with E-state index in [1.165, 1.54) is 12.3 Å². The number of benzene rings is 1. The zero-order valence-electron chi connectivity index (χ0n) is 17.4. The van der Waals surface area contributed by atoms with Gasteiger partial charge in [-0.3, -0.25) is 4.79 Å². The molecule has 30 heavy (non-hydrogen) atoms. The Morgan fingerprint density at radius 1 is 1.23 bits per heavy atom. The van der Waals surface area contributed by atoms with E-state index < -0.39 is 0 Å². The van der Waals surface area contributed by atoms with Gasteiger partial charge in [-0.15, -0.1) is 0 Å². The number of hydrogen-bond donors (Lipinski definition) is 0. The quantitative estimate of drug-likeness (QED) is 0.648. The molecule has 0 unspecified atom stereocenters. The van der Waals surface area contributed by atoms with E-state index in [0.29, 0.717) is 26.1 Å². The van der Waals surface area contributed by atoms with Gasteiger partial charge in [-0.05, 0) is 43.9 Å². The van der Waals surface area contributed by atoms with Crippen LogP contribution in [0.25, 0.3) is 10.9 Å². The standard InChI is InChI=1S/C23H26FN5O/c1-16-11-20(24)13-26-23(16)28-9-10-29(17(2)14-28)21(30)8-4-6-18-5-3-7-19-12-25-15-27-22(18)19/h3,5,7,11-13,15,17H,4,6,8-10,14H2,1-2H3/t17-/m0/s1. The number of piperazine rings is 1. The van der Waals surface area contributed by atoms with E-state index in [-0.39, 0.29) is 17.8 Å². The van der Waals surface area contributed by atoms with Crippen LogP contribution in [0.1, 0.15) is 30.9 Å². The minimum absolute atomic E-state index is 0.0859. The van der Waals surface area contributed by atoms with E-state index in [1.54, 1.807) is 6.33 Å². The first-order valence-electron chi connectivity index (χ1n) is 10.4. The van der Waals surface area contributed by atoms with Crippen LogP contribution in [-0.2, 0) is 11.2 Å².